The minimum atomic E-state index is 0.355. The van der Waals surface area contributed by atoms with Crippen molar-refractivity contribution in [2.24, 2.45) is 11.8 Å². The molecule has 0 bridgehead atoms. The zero-order valence-corrected chi connectivity index (χ0v) is 8.31. The van der Waals surface area contributed by atoms with Gasteiger partial charge in [-0.15, -0.1) is 0 Å². The summed E-state index contributed by atoms with van der Waals surface area (Å²) in [7, 11) is 0. The molecule has 0 heterocycles. The highest BCUT2D eigenvalue weighted by atomic mass is 16.1. The third-order valence-corrected chi connectivity index (χ3v) is 3.06. The molecular weight excluding hydrogens is 148 g/mol. The molecule has 0 aromatic heterocycles. The number of ketones is 1. The van der Waals surface area contributed by atoms with E-state index in [-0.39, 0.29) is 0 Å². The van der Waals surface area contributed by atoms with E-state index in [2.05, 4.69) is 6.92 Å². The van der Waals surface area contributed by atoms with Crippen LogP contribution in [0.25, 0.3) is 0 Å². The molecule has 0 aromatic carbocycles. The first-order chi connectivity index (χ1) is 5.70. The van der Waals surface area contributed by atoms with Gasteiger partial charge in [0, 0.05) is 6.42 Å². The Morgan fingerprint density at radius 1 is 1.33 bits per heavy atom. The molecule has 1 nitrogen and oxygen atoms in total. The van der Waals surface area contributed by atoms with E-state index in [0.717, 1.165) is 12.3 Å². The van der Waals surface area contributed by atoms with Crippen LogP contribution in [0.5, 0.6) is 0 Å². The SMILES string of the molecule is CC(=O)C[C@H](C)C1CCCCC1. The monoisotopic (exact) mass is 168 g/mol. The van der Waals surface area contributed by atoms with Gasteiger partial charge in [0.2, 0.25) is 0 Å². The maximum atomic E-state index is 10.9. The van der Waals surface area contributed by atoms with E-state index in [9.17, 15) is 4.79 Å². The Balaban J connectivity index is 2.29. The minimum absolute atomic E-state index is 0.355. The maximum absolute atomic E-state index is 10.9. The van der Waals surface area contributed by atoms with Crippen LogP contribution in [0.2, 0.25) is 0 Å². The van der Waals surface area contributed by atoms with Crippen molar-refractivity contribution in [1.82, 2.24) is 0 Å². The van der Waals surface area contributed by atoms with Crippen LogP contribution >= 0.6 is 0 Å². The molecular formula is C11H20O. The highest BCUT2D eigenvalue weighted by molar-refractivity contribution is 5.75. The molecule has 0 aliphatic heterocycles. The molecule has 1 atom stereocenters. The standard InChI is InChI=1S/C11H20O/c1-9(8-10(2)12)11-6-4-3-5-7-11/h9,11H,3-8H2,1-2H3/t9-/m0/s1. The molecule has 0 unspecified atom stereocenters. The van der Waals surface area contributed by atoms with Crippen molar-refractivity contribution in [2.75, 3.05) is 0 Å². The predicted molar refractivity (Wildman–Crippen MR) is 51.0 cm³/mol. The summed E-state index contributed by atoms with van der Waals surface area (Å²) in [5.41, 5.74) is 0. The molecule has 12 heavy (non-hydrogen) atoms. The highest BCUT2D eigenvalue weighted by Gasteiger charge is 2.20. The average molecular weight is 168 g/mol. The molecule has 0 radical (unpaired) electrons. The smallest absolute Gasteiger partial charge is 0.130 e. The van der Waals surface area contributed by atoms with Crippen molar-refractivity contribution < 1.29 is 4.79 Å². The van der Waals surface area contributed by atoms with Crippen molar-refractivity contribution in [1.29, 1.82) is 0 Å². The molecule has 0 spiro atoms. The molecule has 0 aromatic rings. The number of carbonyl (C=O) groups excluding carboxylic acids is 1. The van der Waals surface area contributed by atoms with Gasteiger partial charge in [0.1, 0.15) is 5.78 Å². The molecule has 1 aliphatic carbocycles. The van der Waals surface area contributed by atoms with Crippen LogP contribution in [-0.2, 0) is 4.79 Å². The Hall–Kier alpha value is -0.330. The van der Waals surface area contributed by atoms with Crippen molar-refractivity contribution in [2.45, 2.75) is 52.4 Å². The summed E-state index contributed by atoms with van der Waals surface area (Å²) in [5, 5.41) is 0. The van der Waals surface area contributed by atoms with Crippen molar-refractivity contribution in [3.05, 3.63) is 0 Å². The van der Waals surface area contributed by atoms with E-state index in [1.165, 1.54) is 32.1 Å². The number of hydrogen-bond acceptors (Lipinski definition) is 1. The van der Waals surface area contributed by atoms with Crippen LogP contribution in [0.3, 0.4) is 0 Å². The summed E-state index contributed by atoms with van der Waals surface area (Å²) in [6.07, 6.45) is 7.68. The Bertz CT molecular complexity index is 145. The van der Waals surface area contributed by atoms with Crippen LogP contribution in [-0.4, -0.2) is 5.78 Å². The van der Waals surface area contributed by atoms with Crippen molar-refractivity contribution >= 4 is 5.78 Å². The second-order valence-corrected chi connectivity index (χ2v) is 4.28. The zero-order valence-electron chi connectivity index (χ0n) is 8.31. The lowest BCUT2D eigenvalue weighted by atomic mass is 9.79. The van der Waals surface area contributed by atoms with E-state index in [1.807, 2.05) is 0 Å². The molecule has 1 heteroatoms. The largest absolute Gasteiger partial charge is 0.300 e. The lowest BCUT2D eigenvalue weighted by molar-refractivity contribution is -0.118. The first kappa shape index (κ1) is 9.76. The lowest BCUT2D eigenvalue weighted by Crippen LogP contribution is -2.17. The van der Waals surface area contributed by atoms with Gasteiger partial charge in [0.25, 0.3) is 0 Å². The van der Waals surface area contributed by atoms with E-state index in [4.69, 9.17) is 0 Å². The number of carbonyl (C=O) groups is 1. The summed E-state index contributed by atoms with van der Waals surface area (Å²) in [6, 6.07) is 0. The molecule has 1 saturated carbocycles. The molecule has 1 rings (SSSR count). The van der Waals surface area contributed by atoms with Crippen LogP contribution in [0.4, 0.5) is 0 Å². The van der Waals surface area contributed by atoms with Gasteiger partial charge in [-0.1, -0.05) is 39.0 Å². The fraction of sp³-hybridized carbons (Fsp3) is 0.909. The predicted octanol–water partition coefficient (Wildman–Crippen LogP) is 3.18. The normalized spacial score (nSPS) is 22.2. The number of hydrogen-bond donors (Lipinski definition) is 0. The zero-order chi connectivity index (χ0) is 8.97. The summed E-state index contributed by atoms with van der Waals surface area (Å²) in [6.45, 7) is 3.94. The number of Topliss-reactive ketones (excluding diaryl/α,β-unsaturated/α-hetero) is 1. The van der Waals surface area contributed by atoms with E-state index >= 15 is 0 Å². The van der Waals surface area contributed by atoms with Crippen LogP contribution in [0.1, 0.15) is 52.4 Å². The van der Waals surface area contributed by atoms with Gasteiger partial charge in [-0.2, -0.15) is 0 Å². The maximum Gasteiger partial charge on any atom is 0.130 e. The average Bonchev–Trinajstić information content (AvgIpc) is 2.05. The lowest BCUT2D eigenvalue weighted by Gasteiger charge is -2.26. The van der Waals surface area contributed by atoms with Crippen LogP contribution in [0, 0.1) is 11.8 Å². The quantitative estimate of drug-likeness (QED) is 0.632. The second kappa shape index (κ2) is 4.64. The Kier molecular flexibility index (Phi) is 3.77. The highest BCUT2D eigenvalue weighted by Crippen LogP contribution is 2.31. The Morgan fingerprint density at radius 3 is 2.42 bits per heavy atom. The van der Waals surface area contributed by atoms with Gasteiger partial charge >= 0.3 is 0 Å². The third kappa shape index (κ3) is 2.96. The Labute approximate surface area is 75.5 Å². The first-order valence-electron chi connectivity index (χ1n) is 5.19. The summed E-state index contributed by atoms with van der Waals surface area (Å²) in [5.74, 6) is 1.82. The molecule has 70 valence electrons. The first-order valence-corrected chi connectivity index (χ1v) is 5.19. The van der Waals surface area contributed by atoms with Crippen molar-refractivity contribution in [3.63, 3.8) is 0 Å². The molecule has 0 N–H and O–H groups in total. The third-order valence-electron chi connectivity index (χ3n) is 3.06. The topological polar surface area (TPSA) is 17.1 Å². The fourth-order valence-electron chi connectivity index (χ4n) is 2.32. The fourth-order valence-corrected chi connectivity index (χ4v) is 2.32. The van der Waals surface area contributed by atoms with Gasteiger partial charge in [-0.25, -0.2) is 0 Å². The van der Waals surface area contributed by atoms with Gasteiger partial charge in [-0.3, -0.25) is 0 Å². The van der Waals surface area contributed by atoms with E-state index in [1.54, 1.807) is 6.92 Å². The summed E-state index contributed by atoms with van der Waals surface area (Å²) in [4.78, 5) is 10.9. The number of rotatable bonds is 3. The van der Waals surface area contributed by atoms with Gasteiger partial charge in [-0.05, 0) is 18.8 Å². The van der Waals surface area contributed by atoms with Crippen LogP contribution in [0.15, 0.2) is 0 Å². The molecule has 0 amide bonds. The van der Waals surface area contributed by atoms with Crippen molar-refractivity contribution in [3.8, 4) is 0 Å². The second-order valence-electron chi connectivity index (χ2n) is 4.28. The molecule has 1 fully saturated rings. The minimum Gasteiger partial charge on any atom is -0.300 e. The van der Waals surface area contributed by atoms with Gasteiger partial charge < -0.3 is 4.79 Å². The van der Waals surface area contributed by atoms with E-state index < -0.39 is 0 Å². The molecule has 1 aliphatic rings. The van der Waals surface area contributed by atoms with Gasteiger partial charge in [0.05, 0.1) is 0 Å². The van der Waals surface area contributed by atoms with E-state index in [0.29, 0.717) is 11.7 Å². The van der Waals surface area contributed by atoms with Crippen LogP contribution < -0.4 is 0 Å². The summed E-state index contributed by atoms with van der Waals surface area (Å²) < 4.78 is 0. The van der Waals surface area contributed by atoms with Gasteiger partial charge in [0.15, 0.2) is 0 Å². The summed E-state index contributed by atoms with van der Waals surface area (Å²) >= 11 is 0. The Morgan fingerprint density at radius 2 is 1.92 bits per heavy atom. The molecule has 0 saturated heterocycles.